The Balaban J connectivity index is 1.57. The largest absolute Gasteiger partial charge is 0.375 e. The van der Waals surface area contributed by atoms with Crippen LogP contribution in [0.1, 0.15) is 70.3 Å². The first-order valence-corrected chi connectivity index (χ1v) is 12.4. The quantitative estimate of drug-likeness (QED) is 0.367. The van der Waals surface area contributed by atoms with Crippen LogP contribution in [0.2, 0.25) is 0 Å². The van der Waals surface area contributed by atoms with Crippen molar-refractivity contribution in [2.24, 2.45) is 5.92 Å². The standard InChI is InChI=1S/C30H35N/c1-2-3-4-6-16-25-22-26-18-12-21-30(26,29(25)24-14-7-5-8-15-24)31-28-20-11-17-23-13-9-10-19-27(23)28/h5,7-11,13-15,17,19-20,26,31H,2-4,6,12,16,18,21-22H2,1H3/t26-,30+/m1/s1. The Morgan fingerprint density at radius 1 is 0.871 bits per heavy atom. The van der Waals surface area contributed by atoms with Crippen molar-refractivity contribution in [1.82, 2.24) is 0 Å². The van der Waals surface area contributed by atoms with E-state index in [1.165, 1.54) is 79.8 Å². The van der Waals surface area contributed by atoms with Crippen LogP contribution in [0.4, 0.5) is 5.69 Å². The SMILES string of the molecule is CCCCCCC1=C(c2ccccc2)[C@]2(Nc3cccc4ccccc34)CCC[C@@H]2C1. The molecule has 2 aliphatic rings. The van der Waals surface area contributed by atoms with Gasteiger partial charge in [0.1, 0.15) is 0 Å². The highest BCUT2D eigenvalue weighted by Gasteiger charge is 2.51. The summed E-state index contributed by atoms with van der Waals surface area (Å²) in [7, 11) is 0. The van der Waals surface area contributed by atoms with E-state index >= 15 is 0 Å². The molecule has 0 heterocycles. The second-order valence-electron chi connectivity index (χ2n) is 9.57. The van der Waals surface area contributed by atoms with E-state index < -0.39 is 0 Å². The lowest BCUT2D eigenvalue weighted by Crippen LogP contribution is -2.40. The Hall–Kier alpha value is -2.54. The number of nitrogens with one attached hydrogen (secondary N) is 1. The van der Waals surface area contributed by atoms with Crippen molar-refractivity contribution in [2.45, 2.75) is 70.3 Å². The molecule has 2 atom stereocenters. The molecule has 0 radical (unpaired) electrons. The predicted molar refractivity (Wildman–Crippen MR) is 134 cm³/mol. The number of allylic oxidation sites excluding steroid dienone is 1. The Labute approximate surface area is 187 Å². The molecule has 160 valence electrons. The fourth-order valence-electron chi connectivity index (χ4n) is 6.26. The topological polar surface area (TPSA) is 12.0 Å². The van der Waals surface area contributed by atoms with E-state index in [-0.39, 0.29) is 5.54 Å². The maximum Gasteiger partial charge on any atom is 0.0661 e. The fraction of sp³-hybridized carbons (Fsp3) is 0.400. The first-order chi connectivity index (χ1) is 15.3. The summed E-state index contributed by atoms with van der Waals surface area (Å²) in [5, 5.41) is 6.84. The van der Waals surface area contributed by atoms with Crippen molar-refractivity contribution in [3.8, 4) is 0 Å². The second kappa shape index (κ2) is 8.91. The fourth-order valence-corrected chi connectivity index (χ4v) is 6.26. The molecule has 1 saturated carbocycles. The molecule has 0 saturated heterocycles. The minimum atomic E-state index is 0.0750. The number of fused-ring (bicyclic) bond motifs is 2. The third-order valence-corrected chi connectivity index (χ3v) is 7.66. The van der Waals surface area contributed by atoms with Gasteiger partial charge in [-0.2, -0.15) is 0 Å². The zero-order valence-corrected chi connectivity index (χ0v) is 18.9. The molecule has 1 fully saturated rings. The van der Waals surface area contributed by atoms with Crippen LogP contribution in [0, 0.1) is 5.92 Å². The van der Waals surface area contributed by atoms with Gasteiger partial charge in [0.25, 0.3) is 0 Å². The van der Waals surface area contributed by atoms with Gasteiger partial charge in [-0.05, 0) is 60.6 Å². The Morgan fingerprint density at radius 2 is 1.68 bits per heavy atom. The van der Waals surface area contributed by atoms with E-state index in [9.17, 15) is 0 Å². The zero-order valence-electron chi connectivity index (χ0n) is 18.9. The monoisotopic (exact) mass is 409 g/mol. The molecule has 5 rings (SSSR count). The van der Waals surface area contributed by atoms with E-state index in [1.54, 1.807) is 11.1 Å². The van der Waals surface area contributed by atoms with Crippen molar-refractivity contribution in [1.29, 1.82) is 0 Å². The molecule has 1 heteroatoms. The first-order valence-electron chi connectivity index (χ1n) is 12.4. The normalized spacial score (nSPS) is 22.8. The highest BCUT2D eigenvalue weighted by molar-refractivity contribution is 5.95. The van der Waals surface area contributed by atoms with Gasteiger partial charge in [0.2, 0.25) is 0 Å². The summed E-state index contributed by atoms with van der Waals surface area (Å²) in [6.07, 6.45) is 11.8. The van der Waals surface area contributed by atoms with E-state index in [2.05, 4.69) is 85.0 Å². The molecule has 0 bridgehead atoms. The van der Waals surface area contributed by atoms with Crippen LogP contribution in [0.25, 0.3) is 16.3 Å². The van der Waals surface area contributed by atoms with Crippen LogP contribution < -0.4 is 5.32 Å². The number of anilines is 1. The van der Waals surface area contributed by atoms with Crippen LogP contribution in [0.5, 0.6) is 0 Å². The van der Waals surface area contributed by atoms with Gasteiger partial charge in [0.15, 0.2) is 0 Å². The van der Waals surface area contributed by atoms with Gasteiger partial charge in [-0.25, -0.2) is 0 Å². The van der Waals surface area contributed by atoms with E-state index in [1.807, 2.05) is 0 Å². The van der Waals surface area contributed by atoms with Crippen LogP contribution in [0.15, 0.2) is 78.4 Å². The molecule has 1 nitrogen and oxygen atoms in total. The second-order valence-corrected chi connectivity index (χ2v) is 9.57. The molecule has 0 spiro atoms. The Bertz CT molecular complexity index is 1060. The summed E-state index contributed by atoms with van der Waals surface area (Å²) in [6.45, 7) is 2.30. The Morgan fingerprint density at radius 3 is 2.55 bits per heavy atom. The number of hydrogen-bond donors (Lipinski definition) is 1. The van der Waals surface area contributed by atoms with Gasteiger partial charge in [0, 0.05) is 11.1 Å². The lowest BCUT2D eigenvalue weighted by atomic mass is 9.81. The third-order valence-electron chi connectivity index (χ3n) is 7.66. The van der Waals surface area contributed by atoms with Crippen molar-refractivity contribution < 1.29 is 0 Å². The van der Waals surface area contributed by atoms with Crippen LogP contribution in [-0.2, 0) is 0 Å². The van der Waals surface area contributed by atoms with Crippen molar-refractivity contribution in [3.05, 3.63) is 83.9 Å². The molecule has 0 unspecified atom stereocenters. The Kier molecular flexibility index (Phi) is 5.85. The van der Waals surface area contributed by atoms with Gasteiger partial charge < -0.3 is 5.32 Å². The summed E-state index contributed by atoms with van der Waals surface area (Å²) < 4.78 is 0. The molecule has 1 N–H and O–H groups in total. The molecular weight excluding hydrogens is 374 g/mol. The molecule has 31 heavy (non-hydrogen) atoms. The molecule has 3 aromatic rings. The lowest BCUT2D eigenvalue weighted by Gasteiger charge is -2.36. The summed E-state index contributed by atoms with van der Waals surface area (Å²) >= 11 is 0. The van der Waals surface area contributed by atoms with Crippen LogP contribution in [0.3, 0.4) is 0 Å². The summed E-state index contributed by atoms with van der Waals surface area (Å²) in [5.41, 5.74) is 6.15. The van der Waals surface area contributed by atoms with Gasteiger partial charge in [-0.1, -0.05) is 105 Å². The van der Waals surface area contributed by atoms with Crippen molar-refractivity contribution >= 4 is 22.0 Å². The zero-order chi connectivity index (χ0) is 21.1. The van der Waals surface area contributed by atoms with E-state index in [0.717, 1.165) is 0 Å². The van der Waals surface area contributed by atoms with Gasteiger partial charge in [-0.15, -0.1) is 0 Å². The molecular formula is C30H35N. The number of unbranched alkanes of at least 4 members (excludes halogenated alkanes) is 3. The van der Waals surface area contributed by atoms with Crippen molar-refractivity contribution in [2.75, 3.05) is 5.32 Å². The maximum absolute atomic E-state index is 4.18. The highest BCUT2D eigenvalue weighted by Crippen LogP contribution is 2.57. The first kappa shape index (κ1) is 20.4. The molecule has 2 aliphatic carbocycles. The third kappa shape index (κ3) is 3.80. The molecule has 3 aromatic carbocycles. The average molecular weight is 410 g/mol. The number of hydrogen-bond acceptors (Lipinski definition) is 1. The minimum absolute atomic E-state index is 0.0750. The summed E-state index contributed by atoms with van der Waals surface area (Å²) in [5.74, 6) is 0.711. The van der Waals surface area contributed by atoms with E-state index in [4.69, 9.17) is 0 Å². The summed E-state index contributed by atoms with van der Waals surface area (Å²) in [4.78, 5) is 0. The number of benzene rings is 3. The lowest BCUT2D eigenvalue weighted by molar-refractivity contribution is 0.454. The van der Waals surface area contributed by atoms with Gasteiger partial charge >= 0.3 is 0 Å². The number of rotatable bonds is 8. The summed E-state index contributed by atoms with van der Waals surface area (Å²) in [6, 6.07) is 26.8. The van der Waals surface area contributed by atoms with E-state index in [0.29, 0.717) is 5.92 Å². The maximum atomic E-state index is 4.18. The molecule has 0 amide bonds. The average Bonchev–Trinajstić information content (AvgIpc) is 3.32. The smallest absolute Gasteiger partial charge is 0.0661 e. The van der Waals surface area contributed by atoms with Crippen LogP contribution >= 0.6 is 0 Å². The minimum Gasteiger partial charge on any atom is -0.375 e. The molecule has 0 aromatic heterocycles. The predicted octanol–water partition coefficient (Wildman–Crippen LogP) is 8.62. The highest BCUT2D eigenvalue weighted by atomic mass is 15.0. The van der Waals surface area contributed by atoms with Gasteiger partial charge in [-0.3, -0.25) is 0 Å². The van der Waals surface area contributed by atoms with Crippen molar-refractivity contribution in [3.63, 3.8) is 0 Å². The van der Waals surface area contributed by atoms with Crippen LogP contribution in [-0.4, -0.2) is 5.54 Å². The van der Waals surface area contributed by atoms with Gasteiger partial charge in [0.05, 0.1) is 5.54 Å². The molecule has 0 aliphatic heterocycles.